The molecule has 0 amide bonds. The molecule has 0 aliphatic heterocycles. The lowest BCUT2D eigenvalue weighted by molar-refractivity contribution is 0.394. The van der Waals surface area contributed by atoms with E-state index in [1.54, 1.807) is 6.07 Å². The molecule has 0 heterocycles. The maximum atomic E-state index is 13.2. The molecule has 0 unspecified atom stereocenters. The molecule has 96 valence electrons. The quantitative estimate of drug-likeness (QED) is 0.627. The molecule has 0 aromatic heterocycles. The van der Waals surface area contributed by atoms with Gasteiger partial charge in [-0.2, -0.15) is 8.42 Å². The number of hydrogen-bond donors (Lipinski definition) is 0. The highest BCUT2D eigenvalue weighted by Gasteiger charge is 2.27. The lowest BCUT2D eigenvalue weighted by atomic mass is 10.3. The van der Waals surface area contributed by atoms with Crippen LogP contribution in [0.2, 0.25) is 19.6 Å². The molecule has 0 N–H and O–H groups in total. The second kappa shape index (κ2) is 4.65. The number of hydrogen-bond acceptors (Lipinski definition) is 4. The Kier molecular flexibility index (Phi) is 3.83. The molecule has 0 saturated heterocycles. The number of benzene rings is 1. The minimum absolute atomic E-state index is 0.00557. The van der Waals surface area contributed by atoms with Crippen molar-refractivity contribution in [2.75, 3.05) is 7.11 Å². The zero-order valence-electron chi connectivity index (χ0n) is 10.2. The normalized spacial score (nSPS) is 12.3. The summed E-state index contributed by atoms with van der Waals surface area (Å²) in [5, 5.41) is 0. The molecule has 0 atom stereocenters. The van der Waals surface area contributed by atoms with Crippen LogP contribution in [0.25, 0.3) is 0 Å². The molecule has 1 aromatic rings. The van der Waals surface area contributed by atoms with E-state index in [0.29, 0.717) is 0 Å². The van der Waals surface area contributed by atoms with Gasteiger partial charge in [-0.05, 0) is 31.8 Å². The number of methoxy groups -OCH3 is 1. The lowest BCUT2D eigenvalue weighted by Crippen LogP contribution is -2.30. The molecule has 0 spiro atoms. The van der Waals surface area contributed by atoms with Gasteiger partial charge in [-0.25, -0.2) is 0 Å². The molecule has 0 radical (unpaired) electrons. The van der Waals surface area contributed by atoms with Crippen LogP contribution in [0.5, 0.6) is 11.5 Å². The lowest BCUT2D eigenvalue weighted by Gasteiger charge is -2.21. The van der Waals surface area contributed by atoms with Gasteiger partial charge >= 0.3 is 10.2 Å². The van der Waals surface area contributed by atoms with Gasteiger partial charge in [0.05, 0.1) is 7.11 Å². The van der Waals surface area contributed by atoms with E-state index in [-0.39, 0.29) is 11.5 Å². The van der Waals surface area contributed by atoms with Crippen LogP contribution in [-0.4, -0.2) is 23.8 Å². The Bertz CT molecular complexity index is 508. The predicted molar refractivity (Wildman–Crippen MR) is 65.3 cm³/mol. The van der Waals surface area contributed by atoms with E-state index in [2.05, 4.69) is 0 Å². The highest BCUT2D eigenvalue weighted by atomic mass is 32.3. The number of rotatable bonds is 4. The van der Waals surface area contributed by atoms with Crippen molar-refractivity contribution in [2.45, 2.75) is 24.5 Å². The summed E-state index contributed by atoms with van der Waals surface area (Å²) in [4.78, 5) is -0.537. The first-order valence-corrected chi connectivity index (χ1v) is 9.75. The fraction of sp³-hybridized carbons (Fsp3) is 0.400. The Morgan fingerprint density at radius 3 is 2.12 bits per heavy atom. The molecular formula is C10H15FO4SSi. The maximum absolute atomic E-state index is 13.2. The summed E-state index contributed by atoms with van der Waals surface area (Å²) in [6.07, 6.45) is 0. The molecule has 1 aromatic carbocycles. The predicted octanol–water partition coefficient (Wildman–Crippen LogP) is 2.57. The zero-order valence-corrected chi connectivity index (χ0v) is 12.0. The summed E-state index contributed by atoms with van der Waals surface area (Å²) < 4.78 is 45.8. The van der Waals surface area contributed by atoms with Crippen LogP contribution < -0.4 is 9.16 Å². The second-order valence-electron chi connectivity index (χ2n) is 4.44. The Morgan fingerprint density at radius 2 is 1.71 bits per heavy atom. The van der Waals surface area contributed by atoms with Gasteiger partial charge in [0.15, 0.2) is 4.90 Å². The first kappa shape index (κ1) is 14.0. The van der Waals surface area contributed by atoms with Gasteiger partial charge < -0.3 is 9.16 Å². The van der Waals surface area contributed by atoms with Crippen molar-refractivity contribution < 1.29 is 21.5 Å². The van der Waals surface area contributed by atoms with Gasteiger partial charge in [0, 0.05) is 0 Å². The monoisotopic (exact) mass is 278 g/mol. The topological polar surface area (TPSA) is 52.6 Å². The third kappa shape index (κ3) is 3.71. The van der Waals surface area contributed by atoms with Crippen molar-refractivity contribution in [3.8, 4) is 11.5 Å². The maximum Gasteiger partial charge on any atom is 0.339 e. The minimum atomic E-state index is -4.88. The van der Waals surface area contributed by atoms with Gasteiger partial charge in [-0.15, -0.1) is 3.89 Å². The van der Waals surface area contributed by atoms with E-state index in [0.717, 1.165) is 0 Å². The summed E-state index contributed by atoms with van der Waals surface area (Å²) >= 11 is 0. The van der Waals surface area contributed by atoms with E-state index >= 15 is 0 Å². The second-order valence-corrected chi connectivity index (χ2v) is 10.2. The third-order valence-corrected chi connectivity index (χ3v) is 3.54. The van der Waals surface area contributed by atoms with E-state index in [4.69, 9.17) is 9.16 Å². The van der Waals surface area contributed by atoms with E-state index in [1.165, 1.54) is 19.2 Å². The Labute approximate surface area is 102 Å². The zero-order chi connectivity index (χ0) is 13.3. The summed E-state index contributed by atoms with van der Waals surface area (Å²) in [5.41, 5.74) is 0. The molecule has 1 rings (SSSR count). The van der Waals surface area contributed by atoms with Crippen molar-refractivity contribution in [1.29, 1.82) is 0 Å². The van der Waals surface area contributed by atoms with Crippen LogP contribution in [0.15, 0.2) is 23.1 Å². The van der Waals surface area contributed by atoms with Crippen LogP contribution in [0, 0.1) is 0 Å². The van der Waals surface area contributed by atoms with Crippen molar-refractivity contribution in [3.05, 3.63) is 18.2 Å². The van der Waals surface area contributed by atoms with E-state index in [9.17, 15) is 12.3 Å². The van der Waals surface area contributed by atoms with E-state index in [1.807, 2.05) is 19.6 Å². The third-order valence-electron chi connectivity index (χ3n) is 1.82. The van der Waals surface area contributed by atoms with Crippen molar-refractivity contribution in [2.24, 2.45) is 0 Å². The van der Waals surface area contributed by atoms with Gasteiger partial charge in [-0.1, -0.05) is 6.07 Å². The molecule has 0 bridgehead atoms. The molecule has 17 heavy (non-hydrogen) atoms. The Balaban J connectivity index is 3.41. The minimum Gasteiger partial charge on any atom is -0.543 e. The summed E-state index contributed by atoms with van der Waals surface area (Å²) in [6, 6.07) is 4.36. The van der Waals surface area contributed by atoms with Crippen molar-refractivity contribution in [3.63, 3.8) is 0 Å². The number of halogens is 1. The standard InChI is InChI=1S/C10H15FO4SSi/c1-14-8-6-5-7-9(15-17(2,3)4)10(8)16(11,12)13/h5-7H,1-4H3. The molecule has 0 aliphatic rings. The van der Waals surface area contributed by atoms with Crippen molar-refractivity contribution >= 4 is 18.5 Å². The average Bonchev–Trinajstić information content (AvgIpc) is 2.12. The van der Waals surface area contributed by atoms with Crippen LogP contribution in [0.4, 0.5) is 3.89 Å². The Hall–Kier alpha value is -1.08. The van der Waals surface area contributed by atoms with Crippen LogP contribution in [-0.2, 0) is 10.2 Å². The van der Waals surface area contributed by atoms with Crippen LogP contribution in [0.3, 0.4) is 0 Å². The van der Waals surface area contributed by atoms with Crippen LogP contribution in [0.1, 0.15) is 0 Å². The number of ether oxygens (including phenoxy) is 1. The largest absolute Gasteiger partial charge is 0.543 e. The molecule has 4 nitrogen and oxygen atoms in total. The van der Waals surface area contributed by atoms with Gasteiger partial charge in [0.25, 0.3) is 0 Å². The van der Waals surface area contributed by atoms with Gasteiger partial charge in [0.2, 0.25) is 8.32 Å². The van der Waals surface area contributed by atoms with Crippen molar-refractivity contribution in [1.82, 2.24) is 0 Å². The molecular weight excluding hydrogens is 263 g/mol. The fourth-order valence-electron chi connectivity index (χ4n) is 1.31. The first-order valence-electron chi connectivity index (χ1n) is 4.96. The SMILES string of the molecule is COc1cccc(O[Si](C)(C)C)c1S(=O)(=O)F. The van der Waals surface area contributed by atoms with Gasteiger partial charge in [0.1, 0.15) is 11.5 Å². The highest BCUT2D eigenvalue weighted by Crippen LogP contribution is 2.35. The summed E-state index contributed by atoms with van der Waals surface area (Å²) in [6.45, 7) is 5.63. The highest BCUT2D eigenvalue weighted by molar-refractivity contribution is 7.86. The molecule has 7 heteroatoms. The molecule has 0 saturated carbocycles. The van der Waals surface area contributed by atoms with Crippen LogP contribution >= 0.6 is 0 Å². The smallest absolute Gasteiger partial charge is 0.339 e. The van der Waals surface area contributed by atoms with Gasteiger partial charge in [-0.3, -0.25) is 0 Å². The Morgan fingerprint density at radius 1 is 1.18 bits per heavy atom. The molecule has 0 aliphatic carbocycles. The molecule has 0 fully saturated rings. The summed E-state index contributed by atoms with van der Waals surface area (Å²) in [5.74, 6) is -0.0470. The summed E-state index contributed by atoms with van der Waals surface area (Å²) in [7, 11) is -5.63. The average molecular weight is 278 g/mol. The fourth-order valence-corrected chi connectivity index (χ4v) is 2.95. The van der Waals surface area contributed by atoms with E-state index < -0.39 is 23.4 Å². The first-order chi connectivity index (χ1) is 7.65.